The monoisotopic (exact) mass is 431 g/mol. The second kappa shape index (κ2) is 7.16. The number of rotatable bonds is 4. The first-order valence-corrected chi connectivity index (χ1v) is 10.4. The molecule has 7 nitrogen and oxygen atoms in total. The number of nitrogens with one attached hydrogen (secondary N) is 2. The molecule has 1 fully saturated rings. The number of likely N-dealkylation sites (tertiary alicyclic amines) is 1. The minimum atomic E-state index is -2.60. The van der Waals surface area contributed by atoms with Crippen molar-refractivity contribution >= 4 is 21.8 Å². The Labute approximate surface area is 181 Å². The molecular weight excluding hydrogens is 412 g/mol. The van der Waals surface area contributed by atoms with Crippen LogP contribution in [0.15, 0.2) is 55.2 Å². The number of aromatic amines is 2. The average molecular weight is 431 g/mol. The summed E-state index contributed by atoms with van der Waals surface area (Å²) in [6.45, 7) is 0.623. The Balaban J connectivity index is 1.34. The van der Waals surface area contributed by atoms with E-state index in [-0.39, 0.29) is 13.0 Å². The molecule has 5 aromatic rings. The molecular formula is C23H19F2N7. The zero-order chi connectivity index (χ0) is 21.7. The van der Waals surface area contributed by atoms with E-state index in [0.717, 1.165) is 50.0 Å². The van der Waals surface area contributed by atoms with Gasteiger partial charge >= 0.3 is 0 Å². The van der Waals surface area contributed by atoms with Gasteiger partial charge in [0, 0.05) is 54.4 Å². The highest BCUT2D eigenvalue weighted by Gasteiger charge is 2.37. The first-order valence-electron chi connectivity index (χ1n) is 10.4. The van der Waals surface area contributed by atoms with Gasteiger partial charge < -0.3 is 4.98 Å². The number of H-pyrrole nitrogens is 2. The van der Waals surface area contributed by atoms with Crippen molar-refractivity contribution in [2.45, 2.75) is 18.9 Å². The molecule has 0 aromatic carbocycles. The molecule has 0 atom stereocenters. The van der Waals surface area contributed by atoms with Gasteiger partial charge in [-0.3, -0.25) is 25.0 Å². The predicted octanol–water partition coefficient (Wildman–Crippen LogP) is 4.40. The number of aromatic nitrogens is 6. The molecule has 9 heteroatoms. The number of nitrogens with zero attached hydrogens (tertiary/aromatic N) is 5. The molecule has 0 saturated carbocycles. The van der Waals surface area contributed by atoms with Gasteiger partial charge in [-0.05, 0) is 29.8 Å². The number of hydrogen-bond acceptors (Lipinski definition) is 5. The van der Waals surface area contributed by atoms with Crippen molar-refractivity contribution in [3.05, 3.63) is 60.8 Å². The second-order valence-electron chi connectivity index (χ2n) is 8.23. The maximum absolute atomic E-state index is 13.5. The number of hydrogen-bond donors (Lipinski definition) is 2. The van der Waals surface area contributed by atoms with E-state index >= 15 is 0 Å². The fraction of sp³-hybridized carbons (Fsp3) is 0.217. The number of alkyl halides is 2. The van der Waals surface area contributed by atoms with Crippen LogP contribution in [0.3, 0.4) is 0 Å². The van der Waals surface area contributed by atoms with Crippen LogP contribution in [0, 0.1) is 0 Å². The molecule has 0 unspecified atom stereocenters. The van der Waals surface area contributed by atoms with Gasteiger partial charge in [0.05, 0.1) is 41.4 Å². The fourth-order valence-electron chi connectivity index (χ4n) is 4.29. The van der Waals surface area contributed by atoms with Crippen LogP contribution in [0.2, 0.25) is 0 Å². The summed E-state index contributed by atoms with van der Waals surface area (Å²) in [7, 11) is 0. The van der Waals surface area contributed by atoms with E-state index in [4.69, 9.17) is 0 Å². The zero-order valence-electron chi connectivity index (χ0n) is 17.0. The molecule has 1 aliphatic rings. The van der Waals surface area contributed by atoms with Crippen molar-refractivity contribution in [1.82, 2.24) is 35.0 Å². The van der Waals surface area contributed by atoms with Crippen molar-refractivity contribution in [2.24, 2.45) is 0 Å². The molecule has 2 N–H and O–H groups in total. The van der Waals surface area contributed by atoms with Gasteiger partial charge in [-0.25, -0.2) is 8.78 Å². The number of pyridine rings is 3. The van der Waals surface area contributed by atoms with E-state index in [1.54, 1.807) is 35.9 Å². The maximum Gasteiger partial charge on any atom is 0.261 e. The van der Waals surface area contributed by atoms with Crippen molar-refractivity contribution in [3.63, 3.8) is 0 Å². The third-order valence-corrected chi connectivity index (χ3v) is 5.87. The van der Waals surface area contributed by atoms with Gasteiger partial charge in [-0.15, -0.1) is 0 Å². The molecule has 0 spiro atoms. The molecule has 1 aliphatic heterocycles. The van der Waals surface area contributed by atoms with Crippen LogP contribution < -0.4 is 0 Å². The number of fused-ring (bicyclic) bond motifs is 2. The quantitative estimate of drug-likeness (QED) is 0.440. The highest BCUT2D eigenvalue weighted by atomic mass is 19.3. The van der Waals surface area contributed by atoms with Gasteiger partial charge in [0.15, 0.2) is 0 Å². The molecule has 1 saturated heterocycles. The van der Waals surface area contributed by atoms with Crippen molar-refractivity contribution in [3.8, 4) is 22.6 Å². The minimum absolute atomic E-state index is 0.0918. The van der Waals surface area contributed by atoms with E-state index in [1.165, 1.54) is 0 Å². The fourth-order valence-corrected chi connectivity index (χ4v) is 4.29. The lowest BCUT2D eigenvalue weighted by atomic mass is 10.1. The summed E-state index contributed by atoms with van der Waals surface area (Å²) in [6.07, 6.45) is 8.66. The first-order chi connectivity index (χ1) is 15.5. The van der Waals surface area contributed by atoms with Gasteiger partial charge in [-0.1, -0.05) is 0 Å². The predicted molar refractivity (Wildman–Crippen MR) is 117 cm³/mol. The van der Waals surface area contributed by atoms with Gasteiger partial charge in [0.2, 0.25) is 0 Å². The Morgan fingerprint density at radius 1 is 1.03 bits per heavy atom. The van der Waals surface area contributed by atoms with Crippen LogP contribution in [0.4, 0.5) is 8.78 Å². The molecule has 160 valence electrons. The summed E-state index contributed by atoms with van der Waals surface area (Å²) < 4.78 is 27.0. The molecule has 0 bridgehead atoms. The molecule has 32 heavy (non-hydrogen) atoms. The van der Waals surface area contributed by atoms with Crippen LogP contribution >= 0.6 is 0 Å². The van der Waals surface area contributed by atoms with Crippen molar-refractivity contribution in [2.75, 3.05) is 13.1 Å². The highest BCUT2D eigenvalue weighted by Crippen LogP contribution is 2.31. The Kier molecular flexibility index (Phi) is 4.25. The first kappa shape index (κ1) is 19.0. The lowest BCUT2D eigenvalue weighted by Gasteiger charge is -2.15. The van der Waals surface area contributed by atoms with E-state index in [2.05, 4.69) is 30.1 Å². The minimum Gasteiger partial charge on any atom is -0.352 e. The molecule has 5 aromatic heterocycles. The summed E-state index contributed by atoms with van der Waals surface area (Å²) in [6, 6.07) is 7.93. The third kappa shape index (κ3) is 3.40. The summed E-state index contributed by atoms with van der Waals surface area (Å²) in [4.78, 5) is 18.2. The van der Waals surface area contributed by atoms with Crippen LogP contribution in [-0.2, 0) is 6.54 Å². The maximum atomic E-state index is 13.5. The van der Waals surface area contributed by atoms with Gasteiger partial charge in [0.1, 0.15) is 5.69 Å². The Hall–Kier alpha value is -3.72. The molecule has 0 aliphatic carbocycles. The molecule has 6 heterocycles. The summed E-state index contributed by atoms with van der Waals surface area (Å²) in [5.41, 5.74) is 5.92. The van der Waals surface area contributed by atoms with Crippen LogP contribution in [-0.4, -0.2) is 54.0 Å². The summed E-state index contributed by atoms with van der Waals surface area (Å²) in [5, 5.41) is 9.51. The van der Waals surface area contributed by atoms with Crippen LogP contribution in [0.5, 0.6) is 0 Å². The van der Waals surface area contributed by atoms with Gasteiger partial charge in [-0.2, -0.15) is 5.10 Å². The standard InChI is InChI=1S/C23H19F2N7/c24-23(25)2-4-32(13-23)12-14-5-16(9-27-8-14)18-7-17-21(11-28-18)30-31-22(17)19-6-15-1-3-26-10-20(15)29-19/h1,3,5-11,29H,2,4,12-13H2,(H,30,31). The van der Waals surface area contributed by atoms with E-state index < -0.39 is 5.92 Å². The smallest absolute Gasteiger partial charge is 0.261 e. The van der Waals surface area contributed by atoms with Crippen molar-refractivity contribution < 1.29 is 8.78 Å². The topological polar surface area (TPSA) is 86.4 Å². The average Bonchev–Trinajstić information content (AvgIpc) is 3.49. The molecule has 6 rings (SSSR count). The summed E-state index contributed by atoms with van der Waals surface area (Å²) in [5.74, 6) is -2.60. The number of halogens is 2. The van der Waals surface area contributed by atoms with Crippen LogP contribution in [0.25, 0.3) is 44.5 Å². The zero-order valence-corrected chi connectivity index (χ0v) is 17.0. The Bertz CT molecular complexity index is 1410. The normalized spacial score (nSPS) is 16.3. The van der Waals surface area contributed by atoms with Gasteiger partial charge in [0.25, 0.3) is 5.92 Å². The molecule has 0 radical (unpaired) electrons. The van der Waals surface area contributed by atoms with E-state index in [0.29, 0.717) is 13.1 Å². The van der Waals surface area contributed by atoms with E-state index in [1.807, 2.05) is 24.3 Å². The Morgan fingerprint density at radius 2 is 1.97 bits per heavy atom. The lowest BCUT2D eigenvalue weighted by Crippen LogP contribution is -2.24. The second-order valence-corrected chi connectivity index (χ2v) is 8.23. The SMILES string of the molecule is FC1(F)CCN(Cc2cncc(-c3cc4c(-c5cc6ccncc6[nH]5)n[nH]c4cn3)c2)C1. The third-order valence-electron chi connectivity index (χ3n) is 5.87. The van der Waals surface area contributed by atoms with Crippen molar-refractivity contribution in [1.29, 1.82) is 0 Å². The highest BCUT2D eigenvalue weighted by molar-refractivity contribution is 5.96. The van der Waals surface area contributed by atoms with E-state index in [9.17, 15) is 8.78 Å². The molecule has 0 amide bonds. The Morgan fingerprint density at radius 3 is 2.81 bits per heavy atom. The largest absolute Gasteiger partial charge is 0.352 e. The van der Waals surface area contributed by atoms with Crippen LogP contribution in [0.1, 0.15) is 12.0 Å². The summed E-state index contributed by atoms with van der Waals surface area (Å²) >= 11 is 0. The lowest BCUT2D eigenvalue weighted by molar-refractivity contribution is 0.0115.